The third kappa shape index (κ3) is 1.94. The van der Waals surface area contributed by atoms with Crippen LogP contribution in [0.5, 0.6) is 0 Å². The van der Waals surface area contributed by atoms with Crippen molar-refractivity contribution >= 4 is 21.6 Å². The van der Waals surface area contributed by atoms with Gasteiger partial charge in [-0.15, -0.1) is 0 Å². The van der Waals surface area contributed by atoms with Crippen molar-refractivity contribution in [3.05, 3.63) is 28.2 Å². The molecule has 0 aliphatic heterocycles. The minimum absolute atomic E-state index is 0.0384. The van der Waals surface area contributed by atoms with Crippen LogP contribution in [0.3, 0.4) is 0 Å². The summed E-state index contributed by atoms with van der Waals surface area (Å²) in [5.74, 6) is -2.81. The van der Waals surface area contributed by atoms with Gasteiger partial charge in [0.05, 0.1) is 0 Å². The molecule has 1 aromatic rings. The van der Waals surface area contributed by atoms with E-state index in [0.29, 0.717) is 10.2 Å². The second-order valence-corrected chi connectivity index (χ2v) is 3.48. The van der Waals surface area contributed by atoms with Crippen LogP contribution < -0.4 is 5.73 Å². The lowest BCUT2D eigenvalue weighted by Crippen LogP contribution is -2.06. The molecule has 12 heavy (non-hydrogen) atoms. The van der Waals surface area contributed by atoms with E-state index in [0.717, 1.165) is 6.92 Å². The molecule has 1 aromatic carbocycles. The van der Waals surface area contributed by atoms with Crippen LogP contribution in [0.4, 0.5) is 14.5 Å². The molecule has 1 rings (SSSR count). The standard InChI is InChI=1S/C8H8BrF2N/c1-8(10,11)5-2-3-7(12)6(9)4-5/h2-4H,12H2,1H3. The highest BCUT2D eigenvalue weighted by atomic mass is 79.9. The van der Waals surface area contributed by atoms with Gasteiger partial charge < -0.3 is 5.73 Å². The first-order valence-corrected chi connectivity index (χ1v) is 4.14. The van der Waals surface area contributed by atoms with E-state index in [9.17, 15) is 8.78 Å². The number of nitrogen functional groups attached to an aromatic ring is 1. The summed E-state index contributed by atoms with van der Waals surface area (Å²) in [6.07, 6.45) is 0. The van der Waals surface area contributed by atoms with Crippen LogP contribution in [0.15, 0.2) is 22.7 Å². The Morgan fingerprint density at radius 3 is 2.42 bits per heavy atom. The van der Waals surface area contributed by atoms with Crippen LogP contribution in [0.2, 0.25) is 0 Å². The lowest BCUT2D eigenvalue weighted by Gasteiger charge is -2.11. The number of rotatable bonds is 1. The normalized spacial score (nSPS) is 11.7. The number of anilines is 1. The number of hydrogen-bond donors (Lipinski definition) is 1. The van der Waals surface area contributed by atoms with Gasteiger partial charge in [0.2, 0.25) is 0 Å². The molecule has 0 aliphatic rings. The summed E-state index contributed by atoms with van der Waals surface area (Å²) in [6.45, 7) is 0.852. The molecule has 0 amide bonds. The largest absolute Gasteiger partial charge is 0.398 e. The summed E-state index contributed by atoms with van der Waals surface area (Å²) in [6, 6.07) is 4.10. The van der Waals surface area contributed by atoms with E-state index in [1.165, 1.54) is 18.2 Å². The molecule has 1 nitrogen and oxygen atoms in total. The van der Waals surface area contributed by atoms with Crippen molar-refractivity contribution in [3.8, 4) is 0 Å². The Bertz CT molecular complexity index is 294. The van der Waals surface area contributed by atoms with E-state index in [1.54, 1.807) is 0 Å². The fourth-order valence-electron chi connectivity index (χ4n) is 0.800. The summed E-state index contributed by atoms with van der Waals surface area (Å²) < 4.78 is 25.9. The van der Waals surface area contributed by atoms with Gasteiger partial charge in [0.25, 0.3) is 5.92 Å². The van der Waals surface area contributed by atoms with Gasteiger partial charge in [-0.05, 0) is 28.1 Å². The number of hydrogen-bond acceptors (Lipinski definition) is 1. The Labute approximate surface area is 77.7 Å². The molecular weight excluding hydrogens is 228 g/mol. The monoisotopic (exact) mass is 235 g/mol. The first kappa shape index (κ1) is 9.45. The van der Waals surface area contributed by atoms with Gasteiger partial charge in [-0.3, -0.25) is 0 Å². The van der Waals surface area contributed by atoms with Gasteiger partial charge in [0.15, 0.2) is 0 Å². The average Bonchev–Trinajstić information content (AvgIpc) is 1.92. The van der Waals surface area contributed by atoms with Crippen molar-refractivity contribution < 1.29 is 8.78 Å². The molecule has 4 heteroatoms. The van der Waals surface area contributed by atoms with Crippen molar-refractivity contribution in [3.63, 3.8) is 0 Å². The zero-order chi connectivity index (χ0) is 9.35. The number of nitrogens with two attached hydrogens (primary N) is 1. The van der Waals surface area contributed by atoms with Crippen LogP contribution in [0, 0.1) is 0 Å². The maximum absolute atomic E-state index is 12.7. The highest BCUT2D eigenvalue weighted by molar-refractivity contribution is 9.10. The molecule has 0 radical (unpaired) electrons. The molecule has 2 N–H and O–H groups in total. The summed E-state index contributed by atoms with van der Waals surface area (Å²) in [7, 11) is 0. The lowest BCUT2D eigenvalue weighted by molar-refractivity contribution is 0.0174. The smallest absolute Gasteiger partial charge is 0.270 e. The molecule has 0 atom stereocenters. The first-order valence-electron chi connectivity index (χ1n) is 3.34. The fraction of sp³-hybridized carbons (Fsp3) is 0.250. The topological polar surface area (TPSA) is 26.0 Å². The number of alkyl halides is 2. The maximum atomic E-state index is 12.7. The second-order valence-electron chi connectivity index (χ2n) is 2.62. The van der Waals surface area contributed by atoms with E-state index >= 15 is 0 Å². The Morgan fingerprint density at radius 1 is 1.42 bits per heavy atom. The van der Waals surface area contributed by atoms with Gasteiger partial charge in [-0.25, -0.2) is 8.78 Å². The summed E-state index contributed by atoms with van der Waals surface area (Å²) >= 11 is 3.08. The van der Waals surface area contributed by atoms with Crippen molar-refractivity contribution in [1.29, 1.82) is 0 Å². The zero-order valence-corrected chi connectivity index (χ0v) is 8.03. The highest BCUT2D eigenvalue weighted by Gasteiger charge is 2.24. The Hall–Kier alpha value is -0.640. The predicted octanol–water partition coefficient (Wildman–Crippen LogP) is 3.14. The highest BCUT2D eigenvalue weighted by Crippen LogP contribution is 2.31. The molecule has 0 heterocycles. The minimum Gasteiger partial charge on any atom is -0.398 e. The van der Waals surface area contributed by atoms with E-state index < -0.39 is 5.92 Å². The van der Waals surface area contributed by atoms with Crippen LogP contribution in [-0.2, 0) is 5.92 Å². The Balaban J connectivity index is 3.14. The summed E-state index contributed by atoms with van der Waals surface area (Å²) in [5, 5.41) is 0. The minimum atomic E-state index is -2.81. The summed E-state index contributed by atoms with van der Waals surface area (Å²) in [5.41, 5.74) is 5.86. The molecular formula is C8H8BrF2N. The second kappa shape index (κ2) is 3.01. The van der Waals surface area contributed by atoms with Crippen molar-refractivity contribution in [2.45, 2.75) is 12.8 Å². The molecule has 0 bridgehead atoms. The average molecular weight is 236 g/mol. The van der Waals surface area contributed by atoms with Crippen LogP contribution in [0.25, 0.3) is 0 Å². The van der Waals surface area contributed by atoms with Crippen molar-refractivity contribution in [2.75, 3.05) is 5.73 Å². The van der Waals surface area contributed by atoms with Crippen molar-refractivity contribution in [1.82, 2.24) is 0 Å². The van der Waals surface area contributed by atoms with Crippen LogP contribution in [0.1, 0.15) is 12.5 Å². The predicted molar refractivity (Wildman–Crippen MR) is 48.1 cm³/mol. The lowest BCUT2D eigenvalue weighted by atomic mass is 10.1. The molecule has 0 fully saturated rings. The molecule has 0 unspecified atom stereocenters. The number of benzene rings is 1. The van der Waals surface area contributed by atoms with Gasteiger partial charge in [-0.2, -0.15) is 0 Å². The molecule has 0 aliphatic carbocycles. The fourth-order valence-corrected chi connectivity index (χ4v) is 1.18. The van der Waals surface area contributed by atoms with E-state index in [4.69, 9.17) is 5.73 Å². The van der Waals surface area contributed by atoms with Crippen molar-refractivity contribution in [2.24, 2.45) is 0 Å². The number of halogens is 3. The Kier molecular flexibility index (Phi) is 2.37. The molecule has 0 saturated heterocycles. The SMILES string of the molecule is CC(F)(F)c1ccc(N)c(Br)c1. The molecule has 66 valence electrons. The molecule has 0 saturated carbocycles. The van der Waals surface area contributed by atoms with Gasteiger partial charge in [0.1, 0.15) is 0 Å². The van der Waals surface area contributed by atoms with Gasteiger partial charge in [0, 0.05) is 22.6 Å². The third-order valence-corrected chi connectivity index (χ3v) is 2.19. The molecule has 0 aromatic heterocycles. The van der Waals surface area contributed by atoms with Gasteiger partial charge >= 0.3 is 0 Å². The maximum Gasteiger partial charge on any atom is 0.270 e. The van der Waals surface area contributed by atoms with Crippen LogP contribution >= 0.6 is 15.9 Å². The van der Waals surface area contributed by atoms with E-state index in [1.807, 2.05) is 0 Å². The first-order chi connectivity index (χ1) is 5.41. The quantitative estimate of drug-likeness (QED) is 0.744. The van der Waals surface area contributed by atoms with Gasteiger partial charge in [-0.1, -0.05) is 6.07 Å². The third-order valence-electron chi connectivity index (χ3n) is 1.51. The molecule has 0 spiro atoms. The van der Waals surface area contributed by atoms with Crippen LogP contribution in [-0.4, -0.2) is 0 Å². The zero-order valence-electron chi connectivity index (χ0n) is 6.44. The van der Waals surface area contributed by atoms with E-state index in [-0.39, 0.29) is 5.56 Å². The summed E-state index contributed by atoms with van der Waals surface area (Å²) in [4.78, 5) is 0. The van der Waals surface area contributed by atoms with E-state index in [2.05, 4.69) is 15.9 Å². The Morgan fingerprint density at radius 2 is 2.00 bits per heavy atom.